The number of hydrogen-bond donors (Lipinski definition) is 8. The Hall–Kier alpha value is -5.64. The van der Waals surface area contributed by atoms with Crippen LogP contribution in [0.4, 0.5) is 51.7 Å². The lowest BCUT2D eigenvalue weighted by Crippen LogP contribution is -2.04. The van der Waals surface area contributed by atoms with Gasteiger partial charge in [-0.3, -0.25) is 18.2 Å². The first kappa shape index (κ1) is 45.9. The van der Waals surface area contributed by atoms with Gasteiger partial charge in [0, 0.05) is 11.4 Å². The van der Waals surface area contributed by atoms with Gasteiger partial charge in [0.2, 0.25) is 33.0 Å². The van der Waals surface area contributed by atoms with Crippen LogP contribution in [0.1, 0.15) is 0 Å². The van der Waals surface area contributed by atoms with Gasteiger partial charge in [0.05, 0.1) is 11.1 Å². The van der Waals surface area contributed by atoms with Gasteiger partial charge in [0.1, 0.15) is 42.3 Å². The van der Waals surface area contributed by atoms with Crippen molar-refractivity contribution in [2.75, 3.05) is 16.4 Å². The molecule has 0 aliphatic carbocycles. The second-order valence-corrected chi connectivity index (χ2v) is 18.5. The molecule has 34 heteroatoms. The maximum Gasteiger partial charge on any atom is 0.296 e. The molecule has 4 aromatic carbocycles. The van der Waals surface area contributed by atoms with Gasteiger partial charge in [-0.25, -0.2) is 0 Å². The van der Waals surface area contributed by atoms with Gasteiger partial charge < -0.3 is 21.5 Å². The first-order valence-corrected chi connectivity index (χ1v) is 22.8. The fourth-order valence-corrected chi connectivity index (χ4v) is 8.45. The molecule has 0 saturated heterocycles. The van der Waals surface area contributed by atoms with E-state index in [0.717, 1.165) is 36.4 Å². The molecule has 0 fully saturated rings. The van der Waals surface area contributed by atoms with Crippen molar-refractivity contribution in [3.8, 4) is 5.75 Å². The Bertz CT molecular complexity index is 3150. The number of nitrogens with one attached hydrogen (secondary N) is 2. The largest absolute Gasteiger partial charge is 0.505 e. The summed E-state index contributed by atoms with van der Waals surface area (Å²) in [7, 11) is -21.2. The molecule has 0 bridgehead atoms. The van der Waals surface area contributed by atoms with Gasteiger partial charge in [-0.2, -0.15) is 63.6 Å². The number of hydrogen-bond acceptors (Lipinski definition) is 22. The zero-order chi connectivity index (χ0) is 45.7. The molecule has 0 unspecified atom stereocenters. The van der Waals surface area contributed by atoms with E-state index in [1.165, 1.54) is 0 Å². The van der Waals surface area contributed by atoms with E-state index >= 15 is 0 Å². The molecule has 2 heterocycles. The summed E-state index contributed by atoms with van der Waals surface area (Å²) in [6, 6.07) is 6.83. The molecular formula is C28H17Cl4N13O13S4. The summed E-state index contributed by atoms with van der Waals surface area (Å²) in [4.78, 5) is 17.7. The maximum absolute atomic E-state index is 12.6. The first-order valence-electron chi connectivity index (χ1n) is 15.5. The lowest BCUT2D eigenvalue weighted by Gasteiger charge is -2.14. The predicted molar refractivity (Wildman–Crippen MR) is 217 cm³/mol. The standard InChI is InChI=1S/C28H17Cl4N13O13S4/c29-23-36-24(30)39-27(38-23)34-10-1-3-12(14(7-10)59(47,48)49)42-44-20-16(61(53,54)55)5-9-6-17(62(56,57)58)21(22(46)18(9)19(20)33)45-43-13-4-2-11(8-15(13)60(50,51)52)35-28-40-25(31)37-26(32)41-28/h1-8,46H,33H2,(H,47,48,49)(H,50,51,52)(H,53,54,55)(H,56,57,58)(H,34,36,38,39)(H,35,37,40,41). The minimum Gasteiger partial charge on any atom is -0.505 e. The van der Waals surface area contributed by atoms with E-state index in [9.17, 15) is 57.0 Å². The second-order valence-electron chi connectivity index (χ2n) is 11.6. The number of phenols is 1. The first-order chi connectivity index (χ1) is 28.7. The number of aromatic hydroxyl groups is 1. The van der Waals surface area contributed by atoms with Crippen LogP contribution in [0.2, 0.25) is 21.1 Å². The van der Waals surface area contributed by atoms with Crippen molar-refractivity contribution in [1.29, 1.82) is 0 Å². The van der Waals surface area contributed by atoms with Gasteiger partial charge >= 0.3 is 0 Å². The van der Waals surface area contributed by atoms with E-state index in [2.05, 4.69) is 61.0 Å². The van der Waals surface area contributed by atoms with Gasteiger partial charge in [0.15, 0.2) is 5.75 Å². The van der Waals surface area contributed by atoms with E-state index in [1.54, 1.807) is 0 Å². The SMILES string of the molecule is Nc1c(N=Nc2ccc(Nc3nc(Cl)nc(Cl)n3)cc2S(=O)(=O)O)c(S(=O)(=O)O)cc2cc(S(=O)(=O)O)c(N=Nc3ccc(Nc4nc(Cl)nc(Cl)n4)cc3S(=O)(=O)O)c(O)c12. The Kier molecular flexibility index (Phi) is 12.5. The third-order valence-electron chi connectivity index (χ3n) is 7.53. The van der Waals surface area contributed by atoms with Crippen LogP contribution in [-0.2, 0) is 40.5 Å². The van der Waals surface area contributed by atoms with Crippen molar-refractivity contribution in [2.24, 2.45) is 20.5 Å². The molecule has 26 nitrogen and oxygen atoms in total. The molecule has 2 aromatic heterocycles. The Morgan fingerprint density at radius 1 is 0.500 bits per heavy atom. The number of fused-ring (bicyclic) bond motifs is 1. The van der Waals surface area contributed by atoms with Gasteiger partial charge in [-0.15, -0.1) is 20.5 Å². The summed E-state index contributed by atoms with van der Waals surface area (Å²) in [5.41, 5.74) is 1.55. The highest BCUT2D eigenvalue weighted by atomic mass is 35.5. The molecule has 0 aliphatic rings. The summed E-state index contributed by atoms with van der Waals surface area (Å²) < 4.78 is 140. The molecular weight excluding hydrogens is 996 g/mol. The number of nitrogens with two attached hydrogens (primary N) is 1. The number of azo groups is 2. The maximum atomic E-state index is 12.6. The zero-order valence-corrected chi connectivity index (χ0v) is 35.6. The molecule has 0 amide bonds. The predicted octanol–water partition coefficient (Wildman–Crippen LogP) is 6.42. The van der Waals surface area contributed by atoms with Crippen LogP contribution in [0, 0.1) is 0 Å². The van der Waals surface area contributed by atoms with Crippen molar-refractivity contribution < 1.29 is 57.0 Å². The number of nitrogen functional groups attached to an aromatic ring is 1. The van der Waals surface area contributed by atoms with Crippen LogP contribution >= 0.6 is 46.4 Å². The lowest BCUT2D eigenvalue weighted by molar-refractivity contribution is 0.472. The lowest BCUT2D eigenvalue weighted by atomic mass is 10.1. The topological polar surface area (TPSA) is 415 Å². The average molecular weight is 1010 g/mol. The molecule has 6 rings (SSSR count). The normalized spacial score (nSPS) is 12.7. The van der Waals surface area contributed by atoms with Crippen LogP contribution in [0.25, 0.3) is 10.8 Å². The molecule has 324 valence electrons. The Morgan fingerprint density at radius 2 is 0.855 bits per heavy atom. The van der Waals surface area contributed by atoms with Crippen LogP contribution in [0.5, 0.6) is 5.75 Å². The van der Waals surface area contributed by atoms with Crippen molar-refractivity contribution >= 4 is 149 Å². The van der Waals surface area contributed by atoms with Gasteiger partial charge in [0.25, 0.3) is 40.5 Å². The number of aromatic nitrogens is 6. The summed E-state index contributed by atoms with van der Waals surface area (Å²) in [6.07, 6.45) is 0. The number of nitrogens with zero attached hydrogens (tertiary/aromatic N) is 10. The van der Waals surface area contributed by atoms with Crippen molar-refractivity contribution in [2.45, 2.75) is 19.6 Å². The highest BCUT2D eigenvalue weighted by Crippen LogP contribution is 2.49. The molecule has 0 radical (unpaired) electrons. The third-order valence-corrected chi connectivity index (χ3v) is 11.7. The monoisotopic (exact) mass is 1010 g/mol. The number of benzene rings is 4. The number of rotatable bonds is 12. The fraction of sp³-hybridized carbons (Fsp3) is 0. The summed E-state index contributed by atoms with van der Waals surface area (Å²) in [5, 5.41) is 28.4. The molecule has 0 spiro atoms. The highest BCUT2D eigenvalue weighted by molar-refractivity contribution is 7.86. The quantitative estimate of drug-likeness (QED) is 0.0372. The highest BCUT2D eigenvalue weighted by Gasteiger charge is 2.29. The molecule has 0 saturated carbocycles. The van der Waals surface area contributed by atoms with E-state index in [1.807, 2.05) is 0 Å². The van der Waals surface area contributed by atoms with Crippen LogP contribution < -0.4 is 16.4 Å². The Balaban J connectivity index is 1.49. The van der Waals surface area contributed by atoms with Crippen molar-refractivity contribution in [3.63, 3.8) is 0 Å². The Labute approximate surface area is 366 Å². The van der Waals surface area contributed by atoms with Gasteiger partial charge in [-0.05, 0) is 100 Å². The third kappa shape index (κ3) is 10.3. The number of phenolic OH excluding ortho intramolecular Hbond substituents is 1. The minimum absolute atomic E-state index is 0.105. The van der Waals surface area contributed by atoms with E-state index in [0.29, 0.717) is 12.1 Å². The molecule has 62 heavy (non-hydrogen) atoms. The number of anilines is 5. The smallest absolute Gasteiger partial charge is 0.296 e. The molecule has 6 aromatic rings. The molecule has 0 aliphatic heterocycles. The van der Waals surface area contributed by atoms with Crippen LogP contribution in [0.15, 0.2) is 88.6 Å². The number of halogens is 4. The fourth-order valence-electron chi connectivity index (χ4n) is 5.10. The van der Waals surface area contributed by atoms with E-state index < -0.39 is 105 Å². The minimum atomic E-state index is -5.44. The molecule has 0 atom stereocenters. The van der Waals surface area contributed by atoms with Crippen molar-refractivity contribution in [1.82, 2.24) is 29.9 Å². The second kappa shape index (κ2) is 16.9. The summed E-state index contributed by atoms with van der Waals surface area (Å²) in [5.74, 6) is -1.81. The van der Waals surface area contributed by atoms with Gasteiger partial charge in [-0.1, -0.05) is 0 Å². The van der Waals surface area contributed by atoms with Crippen LogP contribution in [0.3, 0.4) is 0 Å². The van der Waals surface area contributed by atoms with Crippen molar-refractivity contribution in [3.05, 3.63) is 69.7 Å². The van der Waals surface area contributed by atoms with E-state index in [-0.39, 0.29) is 44.4 Å². The van der Waals surface area contributed by atoms with Crippen LogP contribution in [-0.4, -0.2) is 86.9 Å². The van der Waals surface area contributed by atoms with E-state index in [4.69, 9.17) is 52.1 Å². The zero-order valence-electron chi connectivity index (χ0n) is 29.3. The summed E-state index contributed by atoms with van der Waals surface area (Å²) in [6.45, 7) is 0. The Morgan fingerprint density at radius 3 is 1.23 bits per heavy atom. The average Bonchev–Trinajstić information content (AvgIpc) is 3.12. The molecule has 9 N–H and O–H groups in total. The summed E-state index contributed by atoms with van der Waals surface area (Å²) >= 11 is 23.0.